The number of rotatable bonds is 6. The van der Waals surface area contributed by atoms with E-state index in [0.29, 0.717) is 5.69 Å². The maximum atomic E-state index is 12.1. The minimum Gasteiger partial charge on any atom is -0.295 e. The van der Waals surface area contributed by atoms with Crippen LogP contribution < -0.4 is 10.3 Å². The largest absolute Gasteiger partial charge is 0.295 e. The van der Waals surface area contributed by atoms with Crippen LogP contribution in [0, 0.1) is 6.92 Å². The van der Waals surface area contributed by atoms with E-state index in [4.69, 9.17) is 0 Å². The summed E-state index contributed by atoms with van der Waals surface area (Å²) in [5, 5.41) is 2.56. The number of aromatic nitrogens is 1. The van der Waals surface area contributed by atoms with E-state index in [1.54, 1.807) is 5.38 Å². The first-order chi connectivity index (χ1) is 10.8. The van der Waals surface area contributed by atoms with Crippen molar-refractivity contribution < 1.29 is 18.0 Å². The zero-order valence-electron chi connectivity index (χ0n) is 12.5. The molecule has 2 N–H and O–H groups in total. The van der Waals surface area contributed by atoms with Gasteiger partial charge in [-0.15, -0.1) is 16.2 Å². The summed E-state index contributed by atoms with van der Waals surface area (Å²) in [5.74, 6) is -0.772. The Bertz CT molecular complexity index is 843. The molecular formula is C14H15N3O4S2. The van der Waals surface area contributed by atoms with Crippen LogP contribution in [-0.4, -0.2) is 25.1 Å². The molecule has 2 rings (SSSR count). The average Bonchev–Trinajstić information content (AvgIpc) is 2.90. The first kappa shape index (κ1) is 17.3. The Morgan fingerprint density at radius 3 is 2.65 bits per heavy atom. The minimum atomic E-state index is -3.95. The third kappa shape index (κ3) is 4.68. The fraction of sp³-hybridized carbons (Fsp3) is 0.214. The number of carbonyl (C=O) groups excluding carboxylic acids is 2. The van der Waals surface area contributed by atoms with Gasteiger partial charge in [0.1, 0.15) is 0 Å². The quantitative estimate of drug-likeness (QED) is 0.600. The monoisotopic (exact) mass is 353 g/mol. The molecule has 0 aliphatic rings. The van der Waals surface area contributed by atoms with Crippen LogP contribution in [0.15, 0.2) is 34.5 Å². The van der Waals surface area contributed by atoms with Crippen molar-refractivity contribution in [3.63, 3.8) is 0 Å². The van der Waals surface area contributed by atoms with Crippen molar-refractivity contribution in [3.8, 4) is 0 Å². The first-order valence-corrected chi connectivity index (χ1v) is 8.97. The van der Waals surface area contributed by atoms with Gasteiger partial charge in [0.15, 0.2) is 5.78 Å². The zero-order valence-corrected chi connectivity index (χ0v) is 14.1. The van der Waals surface area contributed by atoms with Gasteiger partial charge in [0.2, 0.25) is 5.91 Å². The van der Waals surface area contributed by atoms with Gasteiger partial charge in [-0.05, 0) is 26.0 Å². The molecule has 0 aliphatic heterocycles. The second kappa shape index (κ2) is 6.99. The third-order valence-electron chi connectivity index (χ3n) is 2.88. The highest BCUT2D eigenvalue weighted by atomic mass is 32.2. The summed E-state index contributed by atoms with van der Waals surface area (Å²) >= 11 is 1.41. The second-order valence-corrected chi connectivity index (χ2v) is 7.52. The van der Waals surface area contributed by atoms with Crippen molar-refractivity contribution in [1.82, 2.24) is 15.2 Å². The molecule has 0 unspecified atom stereocenters. The third-order valence-corrected chi connectivity index (χ3v) is 4.95. The Hall–Kier alpha value is -2.10. The average molecular weight is 353 g/mol. The molecule has 0 saturated carbocycles. The van der Waals surface area contributed by atoms with Gasteiger partial charge in [-0.2, -0.15) is 0 Å². The number of aryl methyl sites for hydroxylation is 1. The number of nitrogens with one attached hydrogen (secondary N) is 2. The summed E-state index contributed by atoms with van der Waals surface area (Å²) < 4.78 is 24.2. The lowest BCUT2D eigenvalue weighted by Crippen LogP contribution is -2.42. The molecule has 0 spiro atoms. The lowest BCUT2D eigenvalue weighted by Gasteiger charge is -2.08. The highest BCUT2D eigenvalue weighted by molar-refractivity contribution is 7.89. The van der Waals surface area contributed by atoms with Crippen LogP contribution in [-0.2, 0) is 21.2 Å². The van der Waals surface area contributed by atoms with Crippen molar-refractivity contribution >= 4 is 33.1 Å². The summed E-state index contributed by atoms with van der Waals surface area (Å²) in [6.45, 7) is 3.16. The number of benzene rings is 1. The summed E-state index contributed by atoms with van der Waals surface area (Å²) in [6.07, 6.45) is -0.0274. The van der Waals surface area contributed by atoms with Crippen LogP contribution in [0.5, 0.6) is 0 Å². The standard InChI is InChI=1S/C14H15N3O4S2/c1-9(18)11-4-3-5-13(6-11)23(20,21)17-16-14(19)7-12-8-22-10(2)15-12/h3-6,8,17H,7H2,1-2H3,(H,16,19). The predicted octanol–water partition coefficient (Wildman–Crippen LogP) is 1.21. The van der Waals surface area contributed by atoms with Crippen LogP contribution in [0.2, 0.25) is 0 Å². The molecule has 1 amide bonds. The van der Waals surface area contributed by atoms with Gasteiger partial charge in [0.25, 0.3) is 10.0 Å². The summed E-state index contributed by atoms with van der Waals surface area (Å²) in [6, 6.07) is 5.57. The Kier molecular flexibility index (Phi) is 5.24. The van der Waals surface area contributed by atoms with Gasteiger partial charge in [-0.25, -0.2) is 13.4 Å². The summed E-state index contributed by atoms with van der Waals surface area (Å²) in [7, 11) is -3.95. The molecule has 7 nitrogen and oxygen atoms in total. The lowest BCUT2D eigenvalue weighted by atomic mass is 10.2. The summed E-state index contributed by atoms with van der Waals surface area (Å²) in [4.78, 5) is 29.1. The number of carbonyl (C=O) groups is 2. The molecule has 0 saturated heterocycles. The van der Waals surface area contributed by atoms with Crippen LogP contribution in [0.3, 0.4) is 0 Å². The zero-order chi connectivity index (χ0) is 17.0. The lowest BCUT2D eigenvalue weighted by molar-refractivity contribution is -0.120. The number of thiazole rings is 1. The van der Waals surface area contributed by atoms with Gasteiger partial charge in [0.05, 0.1) is 22.0 Å². The number of hydrogen-bond donors (Lipinski definition) is 2. The molecule has 122 valence electrons. The van der Waals surface area contributed by atoms with Gasteiger partial charge in [0, 0.05) is 10.9 Å². The molecule has 9 heteroatoms. The first-order valence-electron chi connectivity index (χ1n) is 6.60. The van der Waals surface area contributed by atoms with E-state index in [1.165, 1.54) is 42.5 Å². The Labute approximate surface area is 137 Å². The van der Waals surface area contributed by atoms with Crippen LogP contribution >= 0.6 is 11.3 Å². The Morgan fingerprint density at radius 2 is 2.04 bits per heavy atom. The van der Waals surface area contributed by atoms with E-state index in [1.807, 2.05) is 11.8 Å². The highest BCUT2D eigenvalue weighted by Gasteiger charge is 2.16. The number of hydrazine groups is 1. The van der Waals surface area contributed by atoms with Crippen molar-refractivity contribution in [2.45, 2.75) is 25.2 Å². The van der Waals surface area contributed by atoms with Crippen LogP contribution in [0.1, 0.15) is 28.0 Å². The normalized spacial score (nSPS) is 11.2. The number of nitrogens with zero attached hydrogens (tertiary/aromatic N) is 1. The van der Waals surface area contributed by atoms with Crippen molar-refractivity contribution in [2.24, 2.45) is 0 Å². The molecule has 0 aliphatic carbocycles. The molecular weight excluding hydrogens is 338 g/mol. The fourth-order valence-corrected chi connectivity index (χ4v) is 3.28. The Balaban J connectivity index is 2.02. The van der Waals surface area contributed by atoms with E-state index < -0.39 is 15.9 Å². The fourth-order valence-electron chi connectivity index (χ4n) is 1.76. The predicted molar refractivity (Wildman–Crippen MR) is 85.5 cm³/mol. The molecule has 1 aromatic carbocycles. The van der Waals surface area contributed by atoms with Crippen molar-refractivity contribution in [3.05, 3.63) is 45.9 Å². The van der Waals surface area contributed by atoms with Crippen LogP contribution in [0.4, 0.5) is 0 Å². The van der Waals surface area contributed by atoms with Crippen molar-refractivity contribution in [2.75, 3.05) is 0 Å². The van der Waals surface area contributed by atoms with E-state index in [0.717, 1.165) is 5.01 Å². The number of hydrogen-bond acceptors (Lipinski definition) is 6. The Morgan fingerprint density at radius 1 is 1.30 bits per heavy atom. The van der Waals surface area contributed by atoms with E-state index in [-0.39, 0.29) is 22.7 Å². The van der Waals surface area contributed by atoms with Gasteiger partial charge in [-0.1, -0.05) is 12.1 Å². The topological polar surface area (TPSA) is 105 Å². The minimum absolute atomic E-state index is 0.0274. The number of Topliss-reactive ketones (excluding diaryl/α,β-unsaturated/α-hetero) is 1. The van der Waals surface area contributed by atoms with Crippen LogP contribution in [0.25, 0.3) is 0 Å². The maximum absolute atomic E-state index is 12.1. The highest BCUT2D eigenvalue weighted by Crippen LogP contribution is 2.12. The summed E-state index contributed by atoms with van der Waals surface area (Å²) in [5.41, 5.74) is 2.98. The number of ketones is 1. The molecule has 1 aromatic heterocycles. The van der Waals surface area contributed by atoms with E-state index >= 15 is 0 Å². The second-order valence-electron chi connectivity index (χ2n) is 4.77. The van der Waals surface area contributed by atoms with Crippen molar-refractivity contribution in [1.29, 1.82) is 0 Å². The number of sulfonamides is 1. The molecule has 23 heavy (non-hydrogen) atoms. The smallest absolute Gasteiger partial charge is 0.257 e. The van der Waals surface area contributed by atoms with Gasteiger partial charge in [-0.3, -0.25) is 15.0 Å². The maximum Gasteiger partial charge on any atom is 0.257 e. The van der Waals surface area contributed by atoms with E-state index in [9.17, 15) is 18.0 Å². The molecule has 2 aromatic rings. The SMILES string of the molecule is CC(=O)c1cccc(S(=O)(=O)NNC(=O)Cc2csc(C)n2)c1. The molecule has 0 radical (unpaired) electrons. The van der Waals surface area contributed by atoms with Gasteiger partial charge >= 0.3 is 0 Å². The number of amides is 1. The molecule has 1 heterocycles. The molecule has 0 fully saturated rings. The van der Waals surface area contributed by atoms with E-state index in [2.05, 4.69) is 10.4 Å². The molecule has 0 atom stereocenters. The molecule has 0 bridgehead atoms. The van der Waals surface area contributed by atoms with Gasteiger partial charge < -0.3 is 0 Å².